The van der Waals surface area contributed by atoms with E-state index >= 15 is 0 Å². The number of nitrogens with zero attached hydrogens (tertiary/aromatic N) is 2. The van der Waals surface area contributed by atoms with Crippen LogP contribution in [-0.2, 0) is 5.75 Å². The van der Waals surface area contributed by atoms with Gasteiger partial charge in [0, 0.05) is 11.8 Å². The van der Waals surface area contributed by atoms with Crippen LogP contribution in [0.2, 0.25) is 0 Å². The molecule has 2 aromatic carbocycles. The van der Waals surface area contributed by atoms with E-state index in [-0.39, 0.29) is 0 Å². The van der Waals surface area contributed by atoms with E-state index in [1.54, 1.807) is 18.9 Å². The Bertz CT molecular complexity index is 820. The second-order valence-electron chi connectivity index (χ2n) is 4.53. The van der Waals surface area contributed by atoms with Crippen molar-refractivity contribution in [3.05, 3.63) is 53.6 Å². The predicted molar refractivity (Wildman–Crippen MR) is 83.4 cm³/mol. The summed E-state index contributed by atoms with van der Waals surface area (Å²) in [6, 6.07) is 15.5. The number of thioether (sulfide) groups is 1. The van der Waals surface area contributed by atoms with Gasteiger partial charge in [-0.15, -0.1) is 0 Å². The highest BCUT2D eigenvalue weighted by atomic mass is 32.2. The van der Waals surface area contributed by atoms with Crippen LogP contribution in [0.1, 0.15) is 11.1 Å². The monoisotopic (exact) mass is 295 g/mol. The van der Waals surface area contributed by atoms with Gasteiger partial charge in [-0.2, -0.15) is 5.26 Å². The molecule has 0 atom stereocenters. The third-order valence-electron chi connectivity index (χ3n) is 3.10. The number of nitrogens with one attached hydrogen (secondary N) is 1. The first-order valence-electron chi connectivity index (χ1n) is 6.44. The van der Waals surface area contributed by atoms with Gasteiger partial charge in [0.2, 0.25) is 0 Å². The molecule has 1 heterocycles. The van der Waals surface area contributed by atoms with Gasteiger partial charge in [0.25, 0.3) is 0 Å². The van der Waals surface area contributed by atoms with Crippen LogP contribution in [0, 0.1) is 11.3 Å². The summed E-state index contributed by atoms with van der Waals surface area (Å²) in [6.07, 6.45) is 0. The van der Waals surface area contributed by atoms with Crippen molar-refractivity contribution in [2.24, 2.45) is 0 Å². The first-order chi connectivity index (χ1) is 10.3. The summed E-state index contributed by atoms with van der Waals surface area (Å²) in [5, 5.41) is 9.77. The highest BCUT2D eigenvalue weighted by molar-refractivity contribution is 7.98. The Balaban J connectivity index is 1.77. The minimum atomic E-state index is 0.683. The minimum Gasteiger partial charge on any atom is -0.497 e. The van der Waals surface area contributed by atoms with Crippen molar-refractivity contribution in [1.82, 2.24) is 9.97 Å². The molecular formula is C16H13N3OS. The van der Waals surface area contributed by atoms with Gasteiger partial charge in [-0.1, -0.05) is 23.9 Å². The number of fused-ring (bicyclic) bond motifs is 1. The molecule has 0 saturated carbocycles. The van der Waals surface area contributed by atoms with Crippen LogP contribution in [-0.4, -0.2) is 17.1 Å². The van der Waals surface area contributed by atoms with Crippen LogP contribution >= 0.6 is 11.8 Å². The summed E-state index contributed by atoms with van der Waals surface area (Å²) >= 11 is 1.62. The maximum atomic E-state index is 8.90. The molecule has 104 valence electrons. The maximum Gasteiger partial charge on any atom is 0.166 e. The molecule has 0 fully saturated rings. The first kappa shape index (κ1) is 13.5. The molecule has 3 rings (SSSR count). The lowest BCUT2D eigenvalue weighted by Gasteiger charge is -1.99. The van der Waals surface area contributed by atoms with E-state index in [4.69, 9.17) is 10.00 Å². The number of hydrogen-bond donors (Lipinski definition) is 1. The van der Waals surface area contributed by atoms with Gasteiger partial charge >= 0.3 is 0 Å². The molecule has 5 heteroatoms. The summed E-state index contributed by atoms with van der Waals surface area (Å²) in [5.41, 5.74) is 3.67. The van der Waals surface area contributed by atoms with Crippen LogP contribution in [0.15, 0.2) is 47.6 Å². The minimum absolute atomic E-state index is 0.683. The molecule has 1 N–H and O–H groups in total. The number of H-pyrrole nitrogens is 1. The Kier molecular flexibility index (Phi) is 3.80. The Morgan fingerprint density at radius 3 is 3.00 bits per heavy atom. The van der Waals surface area contributed by atoms with E-state index < -0.39 is 0 Å². The number of ether oxygens (including phenoxy) is 1. The molecule has 0 aliphatic rings. The van der Waals surface area contributed by atoms with E-state index in [1.807, 2.05) is 42.5 Å². The van der Waals surface area contributed by atoms with Crippen molar-refractivity contribution < 1.29 is 4.74 Å². The largest absolute Gasteiger partial charge is 0.497 e. The lowest BCUT2D eigenvalue weighted by Crippen LogP contribution is -1.83. The number of rotatable bonds is 4. The lowest BCUT2D eigenvalue weighted by atomic mass is 10.2. The highest BCUT2D eigenvalue weighted by Gasteiger charge is 2.05. The molecule has 4 nitrogen and oxygen atoms in total. The fraction of sp³-hybridized carbons (Fsp3) is 0.125. The second-order valence-corrected chi connectivity index (χ2v) is 5.49. The number of nitriles is 1. The zero-order chi connectivity index (χ0) is 14.7. The topological polar surface area (TPSA) is 61.7 Å². The fourth-order valence-corrected chi connectivity index (χ4v) is 2.87. The van der Waals surface area contributed by atoms with Crippen LogP contribution in [0.3, 0.4) is 0 Å². The molecule has 0 aliphatic carbocycles. The van der Waals surface area contributed by atoms with E-state index in [2.05, 4.69) is 16.0 Å². The van der Waals surface area contributed by atoms with Crippen LogP contribution in [0.5, 0.6) is 5.75 Å². The Labute approximate surface area is 126 Å². The van der Waals surface area contributed by atoms with Crippen molar-refractivity contribution in [2.45, 2.75) is 10.9 Å². The normalized spacial score (nSPS) is 10.5. The quantitative estimate of drug-likeness (QED) is 0.745. The van der Waals surface area contributed by atoms with Crippen molar-refractivity contribution in [2.75, 3.05) is 7.11 Å². The Morgan fingerprint density at radius 2 is 2.19 bits per heavy atom. The van der Waals surface area contributed by atoms with Gasteiger partial charge in [-0.25, -0.2) is 4.98 Å². The van der Waals surface area contributed by atoms with Gasteiger partial charge < -0.3 is 9.72 Å². The third kappa shape index (κ3) is 3.01. The number of methoxy groups -OCH3 is 1. The fourth-order valence-electron chi connectivity index (χ4n) is 2.04. The van der Waals surface area contributed by atoms with Gasteiger partial charge in [-0.3, -0.25) is 0 Å². The summed E-state index contributed by atoms with van der Waals surface area (Å²) < 4.78 is 5.20. The van der Waals surface area contributed by atoms with Gasteiger partial charge in [-0.05, 0) is 29.8 Å². The van der Waals surface area contributed by atoms with Crippen LogP contribution < -0.4 is 4.74 Å². The molecule has 0 unspecified atom stereocenters. The average Bonchev–Trinajstić information content (AvgIpc) is 2.95. The van der Waals surface area contributed by atoms with Crippen molar-refractivity contribution in [3.8, 4) is 11.8 Å². The molecule has 21 heavy (non-hydrogen) atoms. The highest BCUT2D eigenvalue weighted by Crippen LogP contribution is 2.25. The van der Waals surface area contributed by atoms with E-state index in [0.717, 1.165) is 33.3 Å². The Hall–Kier alpha value is -2.45. The molecule has 1 aromatic heterocycles. The summed E-state index contributed by atoms with van der Waals surface area (Å²) in [7, 11) is 1.65. The number of aromatic nitrogens is 2. The van der Waals surface area contributed by atoms with Gasteiger partial charge in [0.1, 0.15) is 5.75 Å². The van der Waals surface area contributed by atoms with E-state index in [0.29, 0.717) is 5.56 Å². The number of hydrogen-bond acceptors (Lipinski definition) is 4. The molecule has 3 aromatic rings. The van der Waals surface area contributed by atoms with Crippen molar-refractivity contribution >= 4 is 22.8 Å². The lowest BCUT2D eigenvalue weighted by molar-refractivity contribution is 0.415. The zero-order valence-corrected chi connectivity index (χ0v) is 12.3. The second kappa shape index (κ2) is 5.90. The third-order valence-corrected chi connectivity index (χ3v) is 4.04. The predicted octanol–water partition coefficient (Wildman–Crippen LogP) is 3.74. The smallest absolute Gasteiger partial charge is 0.166 e. The van der Waals surface area contributed by atoms with Gasteiger partial charge in [0.05, 0.1) is 29.8 Å². The van der Waals surface area contributed by atoms with Crippen LogP contribution in [0.4, 0.5) is 0 Å². The average molecular weight is 295 g/mol. The summed E-state index contributed by atoms with van der Waals surface area (Å²) in [4.78, 5) is 7.81. The molecule has 0 radical (unpaired) electrons. The molecule has 0 amide bonds. The molecule has 0 spiro atoms. The summed E-state index contributed by atoms with van der Waals surface area (Å²) in [6.45, 7) is 0. The van der Waals surface area contributed by atoms with E-state index in [1.165, 1.54) is 0 Å². The van der Waals surface area contributed by atoms with Crippen LogP contribution in [0.25, 0.3) is 11.0 Å². The molecule has 0 bridgehead atoms. The number of benzene rings is 2. The standard InChI is InChI=1S/C16H13N3OS/c1-20-13-5-6-14-15(8-13)19-16(18-14)21-10-12-4-2-3-11(7-12)9-17/h2-8H,10H2,1H3,(H,18,19). The van der Waals surface area contributed by atoms with Crippen molar-refractivity contribution in [3.63, 3.8) is 0 Å². The molecule has 0 aliphatic heterocycles. The Morgan fingerprint density at radius 1 is 1.29 bits per heavy atom. The van der Waals surface area contributed by atoms with Crippen molar-refractivity contribution in [1.29, 1.82) is 5.26 Å². The summed E-state index contributed by atoms with van der Waals surface area (Å²) in [5.74, 6) is 1.58. The molecule has 0 saturated heterocycles. The SMILES string of the molecule is COc1ccc2nc(SCc3cccc(C#N)c3)[nH]c2c1. The zero-order valence-electron chi connectivity index (χ0n) is 11.5. The number of imidazole rings is 1. The maximum absolute atomic E-state index is 8.90. The first-order valence-corrected chi connectivity index (χ1v) is 7.42. The van der Waals surface area contributed by atoms with Gasteiger partial charge in [0.15, 0.2) is 5.16 Å². The molecular weight excluding hydrogens is 282 g/mol. The van der Waals surface area contributed by atoms with E-state index in [9.17, 15) is 0 Å². The number of aromatic amines is 1.